The third-order valence-electron chi connectivity index (χ3n) is 4.53. The summed E-state index contributed by atoms with van der Waals surface area (Å²) < 4.78 is 5.99. The molecule has 21 heavy (non-hydrogen) atoms. The van der Waals surface area contributed by atoms with Gasteiger partial charge in [0.15, 0.2) is 5.78 Å². The Morgan fingerprint density at radius 1 is 1.05 bits per heavy atom. The Kier molecular flexibility index (Phi) is 4.07. The summed E-state index contributed by atoms with van der Waals surface area (Å²) in [6.45, 7) is 2.57. The summed E-state index contributed by atoms with van der Waals surface area (Å²) in [7, 11) is 0. The van der Waals surface area contributed by atoms with Crippen molar-refractivity contribution >= 4 is 16.6 Å². The molecule has 0 N–H and O–H groups in total. The molecule has 0 unspecified atom stereocenters. The average Bonchev–Trinajstić information content (AvgIpc) is 2.55. The first-order valence-corrected chi connectivity index (χ1v) is 7.93. The summed E-state index contributed by atoms with van der Waals surface area (Å²) in [6, 6.07) is 14.1. The maximum atomic E-state index is 13.2. The van der Waals surface area contributed by atoms with E-state index in [1.165, 1.54) is 6.42 Å². The van der Waals surface area contributed by atoms with Crippen molar-refractivity contribution < 1.29 is 9.53 Å². The van der Waals surface area contributed by atoms with Gasteiger partial charge in [-0.05, 0) is 30.5 Å². The van der Waals surface area contributed by atoms with Crippen LogP contribution in [0.25, 0.3) is 10.8 Å². The zero-order valence-corrected chi connectivity index (χ0v) is 12.6. The monoisotopic (exact) mass is 282 g/mol. The van der Waals surface area contributed by atoms with E-state index in [4.69, 9.17) is 4.74 Å². The zero-order chi connectivity index (χ0) is 14.7. The van der Waals surface area contributed by atoms with Gasteiger partial charge >= 0.3 is 0 Å². The highest BCUT2D eigenvalue weighted by Gasteiger charge is 2.41. The van der Waals surface area contributed by atoms with Gasteiger partial charge in [0.05, 0.1) is 0 Å². The number of fused-ring (bicyclic) bond motifs is 1. The first kappa shape index (κ1) is 14.3. The SMILES string of the molecule is CCOC1(C(=O)c2cccc3ccccc23)CCCCC1. The van der Waals surface area contributed by atoms with Gasteiger partial charge in [0.25, 0.3) is 0 Å². The van der Waals surface area contributed by atoms with Crippen molar-refractivity contribution in [2.75, 3.05) is 6.61 Å². The highest BCUT2D eigenvalue weighted by Crippen LogP contribution is 2.36. The molecular weight excluding hydrogens is 260 g/mol. The predicted octanol–water partition coefficient (Wildman–Crippen LogP) is 4.76. The first-order valence-electron chi connectivity index (χ1n) is 7.93. The third kappa shape index (κ3) is 2.60. The van der Waals surface area contributed by atoms with Gasteiger partial charge in [-0.3, -0.25) is 4.79 Å². The van der Waals surface area contributed by atoms with Gasteiger partial charge in [0, 0.05) is 12.2 Å². The summed E-state index contributed by atoms with van der Waals surface area (Å²) in [6.07, 6.45) is 5.07. The quantitative estimate of drug-likeness (QED) is 0.756. The average molecular weight is 282 g/mol. The lowest BCUT2D eigenvalue weighted by Gasteiger charge is -2.35. The lowest BCUT2D eigenvalue weighted by atomic mass is 9.78. The van der Waals surface area contributed by atoms with Gasteiger partial charge in [-0.1, -0.05) is 61.7 Å². The summed E-state index contributed by atoms with van der Waals surface area (Å²) in [5.41, 5.74) is 0.209. The minimum absolute atomic E-state index is 0.167. The molecule has 1 aliphatic rings. The topological polar surface area (TPSA) is 26.3 Å². The summed E-state index contributed by atoms with van der Waals surface area (Å²) in [4.78, 5) is 13.2. The summed E-state index contributed by atoms with van der Waals surface area (Å²) >= 11 is 0. The lowest BCUT2D eigenvalue weighted by molar-refractivity contribution is -0.0409. The minimum atomic E-state index is -0.600. The predicted molar refractivity (Wildman–Crippen MR) is 85.7 cm³/mol. The molecule has 2 nitrogen and oxygen atoms in total. The van der Waals surface area contributed by atoms with Crippen LogP contribution in [0.1, 0.15) is 49.4 Å². The molecule has 3 rings (SSSR count). The van der Waals surface area contributed by atoms with E-state index >= 15 is 0 Å². The highest BCUT2D eigenvalue weighted by atomic mass is 16.5. The van der Waals surface area contributed by atoms with Crippen LogP contribution in [0.3, 0.4) is 0 Å². The zero-order valence-electron chi connectivity index (χ0n) is 12.6. The number of hydrogen-bond acceptors (Lipinski definition) is 2. The van der Waals surface area contributed by atoms with Crippen LogP contribution in [0.5, 0.6) is 0 Å². The Morgan fingerprint density at radius 2 is 1.76 bits per heavy atom. The van der Waals surface area contributed by atoms with Gasteiger partial charge in [-0.25, -0.2) is 0 Å². The van der Waals surface area contributed by atoms with E-state index in [1.54, 1.807) is 0 Å². The fourth-order valence-electron chi connectivity index (χ4n) is 3.50. The van der Waals surface area contributed by atoms with Crippen LogP contribution in [0.15, 0.2) is 42.5 Å². The van der Waals surface area contributed by atoms with Crippen LogP contribution < -0.4 is 0 Å². The number of hydrogen-bond donors (Lipinski definition) is 0. The molecule has 1 fully saturated rings. The van der Waals surface area contributed by atoms with Crippen molar-refractivity contribution in [2.24, 2.45) is 0 Å². The molecule has 0 bridgehead atoms. The Hall–Kier alpha value is -1.67. The van der Waals surface area contributed by atoms with Gasteiger partial charge in [0.1, 0.15) is 5.60 Å². The van der Waals surface area contributed by atoms with E-state index in [9.17, 15) is 4.79 Å². The van der Waals surface area contributed by atoms with Crippen LogP contribution in [-0.4, -0.2) is 18.0 Å². The van der Waals surface area contributed by atoms with Crippen LogP contribution in [-0.2, 0) is 4.74 Å². The molecule has 0 spiro atoms. The molecule has 0 aromatic heterocycles. The Bertz CT molecular complexity index is 628. The van der Waals surface area contributed by atoms with E-state index in [2.05, 4.69) is 12.1 Å². The smallest absolute Gasteiger partial charge is 0.195 e. The van der Waals surface area contributed by atoms with Gasteiger partial charge in [0.2, 0.25) is 0 Å². The maximum absolute atomic E-state index is 13.2. The number of rotatable bonds is 4. The molecule has 0 aliphatic heterocycles. The number of ketones is 1. The van der Waals surface area contributed by atoms with Gasteiger partial charge in [-0.15, -0.1) is 0 Å². The Balaban J connectivity index is 2.06. The summed E-state index contributed by atoms with van der Waals surface area (Å²) in [5.74, 6) is 0.167. The molecule has 2 aromatic carbocycles. The van der Waals surface area contributed by atoms with Crippen molar-refractivity contribution in [2.45, 2.75) is 44.6 Å². The molecule has 0 atom stereocenters. The van der Waals surface area contributed by atoms with Crippen LogP contribution in [0, 0.1) is 0 Å². The standard InChI is InChI=1S/C19H22O2/c1-2-21-19(13-6-3-7-14-19)18(20)17-12-8-10-15-9-4-5-11-16(15)17/h4-5,8-12H,2-3,6-7,13-14H2,1H3. The second kappa shape index (κ2) is 5.98. The van der Waals surface area contributed by atoms with Crippen LogP contribution in [0.4, 0.5) is 0 Å². The third-order valence-corrected chi connectivity index (χ3v) is 4.53. The fourth-order valence-corrected chi connectivity index (χ4v) is 3.50. The Morgan fingerprint density at radius 3 is 2.52 bits per heavy atom. The van der Waals surface area contributed by atoms with Crippen molar-refractivity contribution in [3.8, 4) is 0 Å². The number of carbonyl (C=O) groups is 1. The highest BCUT2D eigenvalue weighted by molar-refractivity contribution is 6.12. The molecule has 0 saturated heterocycles. The molecule has 2 heteroatoms. The van der Waals surface area contributed by atoms with Crippen molar-refractivity contribution in [3.63, 3.8) is 0 Å². The number of carbonyl (C=O) groups excluding carboxylic acids is 1. The minimum Gasteiger partial charge on any atom is -0.367 e. The van der Waals surface area contributed by atoms with Crippen molar-refractivity contribution in [3.05, 3.63) is 48.0 Å². The Labute approximate surface area is 126 Å². The molecule has 0 radical (unpaired) electrons. The number of Topliss-reactive ketones (excluding diaryl/α,β-unsaturated/α-hetero) is 1. The molecule has 1 saturated carbocycles. The maximum Gasteiger partial charge on any atom is 0.195 e. The molecule has 110 valence electrons. The van der Waals surface area contributed by atoms with Crippen molar-refractivity contribution in [1.29, 1.82) is 0 Å². The molecule has 2 aromatic rings. The second-order valence-electron chi connectivity index (χ2n) is 5.84. The van der Waals surface area contributed by atoms with E-state index in [-0.39, 0.29) is 5.78 Å². The van der Waals surface area contributed by atoms with E-state index < -0.39 is 5.60 Å². The molecule has 1 aliphatic carbocycles. The van der Waals surface area contributed by atoms with E-state index in [0.29, 0.717) is 6.61 Å². The second-order valence-corrected chi connectivity index (χ2v) is 5.84. The largest absolute Gasteiger partial charge is 0.367 e. The summed E-state index contributed by atoms with van der Waals surface area (Å²) in [5, 5.41) is 2.15. The van der Waals surface area contributed by atoms with Crippen molar-refractivity contribution in [1.82, 2.24) is 0 Å². The van der Waals surface area contributed by atoms with Crippen LogP contribution in [0.2, 0.25) is 0 Å². The fraction of sp³-hybridized carbons (Fsp3) is 0.421. The number of benzene rings is 2. The normalized spacial score (nSPS) is 17.8. The number of ether oxygens (including phenoxy) is 1. The lowest BCUT2D eigenvalue weighted by Crippen LogP contribution is -2.43. The van der Waals surface area contributed by atoms with Gasteiger partial charge < -0.3 is 4.74 Å². The molecule has 0 amide bonds. The molecule has 0 heterocycles. The van der Waals surface area contributed by atoms with Gasteiger partial charge in [-0.2, -0.15) is 0 Å². The van der Waals surface area contributed by atoms with Crippen LogP contribution >= 0.6 is 0 Å². The van der Waals surface area contributed by atoms with E-state index in [1.807, 2.05) is 37.3 Å². The molecular formula is C19H22O2. The first-order chi connectivity index (χ1) is 10.3. The van der Waals surface area contributed by atoms with E-state index in [0.717, 1.165) is 42.0 Å².